The Balaban J connectivity index is 2.68. The molecule has 0 aliphatic rings. The number of anilines is 1. The van der Waals surface area contributed by atoms with E-state index in [1.54, 1.807) is 0 Å². The monoisotopic (exact) mass is 220 g/mol. The van der Waals surface area contributed by atoms with Gasteiger partial charge in [0.05, 0.1) is 0 Å². The lowest BCUT2D eigenvalue weighted by molar-refractivity contribution is -0.116. The fraction of sp³-hybridized carbons (Fsp3) is 0.462. The lowest BCUT2D eigenvalue weighted by Gasteiger charge is -2.11. The van der Waals surface area contributed by atoms with Crippen molar-refractivity contribution < 1.29 is 4.79 Å². The standard InChI is InChI=1S/C13H20N2O/c1-10(2)8-13(16)15-12-7-5-4-6-11(12)9-14-3/h4-7,10,14H,8-9H2,1-3H3,(H,15,16). The largest absolute Gasteiger partial charge is 0.326 e. The minimum atomic E-state index is 0.0820. The van der Waals surface area contributed by atoms with E-state index in [-0.39, 0.29) is 5.91 Å². The molecular formula is C13H20N2O. The molecule has 1 rings (SSSR count). The molecule has 1 amide bonds. The highest BCUT2D eigenvalue weighted by Gasteiger charge is 2.07. The van der Waals surface area contributed by atoms with E-state index in [0.29, 0.717) is 12.3 Å². The van der Waals surface area contributed by atoms with Crippen LogP contribution < -0.4 is 10.6 Å². The summed E-state index contributed by atoms with van der Waals surface area (Å²) in [6, 6.07) is 7.86. The number of nitrogens with one attached hydrogen (secondary N) is 2. The zero-order chi connectivity index (χ0) is 12.0. The van der Waals surface area contributed by atoms with Crippen molar-refractivity contribution in [3.63, 3.8) is 0 Å². The molecule has 3 nitrogen and oxygen atoms in total. The van der Waals surface area contributed by atoms with Gasteiger partial charge in [0.2, 0.25) is 5.91 Å². The van der Waals surface area contributed by atoms with E-state index < -0.39 is 0 Å². The molecule has 0 spiro atoms. The van der Waals surface area contributed by atoms with E-state index in [0.717, 1.165) is 17.8 Å². The van der Waals surface area contributed by atoms with Gasteiger partial charge in [-0.15, -0.1) is 0 Å². The summed E-state index contributed by atoms with van der Waals surface area (Å²) in [5.41, 5.74) is 2.02. The van der Waals surface area contributed by atoms with E-state index in [2.05, 4.69) is 10.6 Å². The summed E-state index contributed by atoms with van der Waals surface area (Å²) in [7, 11) is 1.90. The molecule has 0 heterocycles. The van der Waals surface area contributed by atoms with Crippen molar-refractivity contribution >= 4 is 11.6 Å². The molecule has 0 aliphatic heterocycles. The SMILES string of the molecule is CNCc1ccccc1NC(=O)CC(C)C. The molecule has 1 aromatic carbocycles. The van der Waals surface area contributed by atoms with Crippen LogP contribution in [0, 0.1) is 5.92 Å². The Morgan fingerprint density at radius 1 is 1.31 bits per heavy atom. The topological polar surface area (TPSA) is 41.1 Å². The van der Waals surface area contributed by atoms with Gasteiger partial charge in [-0.2, -0.15) is 0 Å². The summed E-state index contributed by atoms with van der Waals surface area (Å²) in [6.07, 6.45) is 0.563. The van der Waals surface area contributed by atoms with Gasteiger partial charge in [0, 0.05) is 18.7 Å². The van der Waals surface area contributed by atoms with Crippen LogP contribution in [-0.4, -0.2) is 13.0 Å². The summed E-state index contributed by atoms with van der Waals surface area (Å²) < 4.78 is 0. The highest BCUT2D eigenvalue weighted by molar-refractivity contribution is 5.91. The Morgan fingerprint density at radius 2 is 2.00 bits per heavy atom. The van der Waals surface area contributed by atoms with Gasteiger partial charge in [-0.05, 0) is 24.6 Å². The molecule has 0 saturated carbocycles. The lowest BCUT2D eigenvalue weighted by Crippen LogP contribution is -2.16. The molecule has 0 unspecified atom stereocenters. The van der Waals surface area contributed by atoms with Crippen LogP contribution in [0.4, 0.5) is 5.69 Å². The van der Waals surface area contributed by atoms with Gasteiger partial charge in [-0.1, -0.05) is 32.0 Å². The van der Waals surface area contributed by atoms with Crippen LogP contribution in [0.25, 0.3) is 0 Å². The minimum absolute atomic E-state index is 0.0820. The molecule has 0 saturated heterocycles. The third-order valence-corrected chi connectivity index (χ3v) is 2.25. The molecule has 0 radical (unpaired) electrons. The van der Waals surface area contributed by atoms with Crippen LogP contribution in [0.2, 0.25) is 0 Å². The van der Waals surface area contributed by atoms with Gasteiger partial charge >= 0.3 is 0 Å². The second kappa shape index (κ2) is 6.28. The summed E-state index contributed by atoms with van der Waals surface area (Å²) in [4.78, 5) is 11.6. The summed E-state index contributed by atoms with van der Waals surface area (Å²) in [5, 5.41) is 6.03. The Kier molecular flexibility index (Phi) is 4.99. The predicted octanol–water partition coefficient (Wildman–Crippen LogP) is 2.39. The molecule has 3 heteroatoms. The first-order chi connectivity index (χ1) is 7.63. The number of carbonyl (C=O) groups excluding carboxylic acids is 1. The number of para-hydroxylation sites is 1. The first kappa shape index (κ1) is 12.7. The van der Waals surface area contributed by atoms with Crippen LogP contribution in [-0.2, 0) is 11.3 Å². The van der Waals surface area contributed by atoms with Crippen LogP contribution in [0.5, 0.6) is 0 Å². The molecule has 16 heavy (non-hydrogen) atoms. The van der Waals surface area contributed by atoms with Crippen molar-refractivity contribution in [1.82, 2.24) is 5.32 Å². The van der Waals surface area contributed by atoms with E-state index in [9.17, 15) is 4.79 Å². The van der Waals surface area contributed by atoms with Gasteiger partial charge < -0.3 is 10.6 Å². The van der Waals surface area contributed by atoms with E-state index in [4.69, 9.17) is 0 Å². The average Bonchev–Trinajstić information content (AvgIpc) is 2.20. The van der Waals surface area contributed by atoms with E-state index in [1.165, 1.54) is 0 Å². The first-order valence-electron chi connectivity index (χ1n) is 5.66. The maximum atomic E-state index is 11.6. The Bertz CT molecular complexity index is 348. The summed E-state index contributed by atoms with van der Waals surface area (Å²) in [5.74, 6) is 0.468. The molecular weight excluding hydrogens is 200 g/mol. The molecule has 0 fully saturated rings. The maximum absolute atomic E-state index is 11.6. The number of benzene rings is 1. The number of amides is 1. The van der Waals surface area contributed by atoms with Crippen molar-refractivity contribution in [3.05, 3.63) is 29.8 Å². The van der Waals surface area contributed by atoms with Gasteiger partial charge in [-0.25, -0.2) is 0 Å². The van der Waals surface area contributed by atoms with E-state index in [1.807, 2.05) is 45.2 Å². The lowest BCUT2D eigenvalue weighted by atomic mass is 10.1. The second-order valence-corrected chi connectivity index (χ2v) is 4.33. The number of hydrogen-bond donors (Lipinski definition) is 2. The molecule has 2 N–H and O–H groups in total. The van der Waals surface area contributed by atoms with Crippen molar-refractivity contribution in [1.29, 1.82) is 0 Å². The van der Waals surface area contributed by atoms with E-state index >= 15 is 0 Å². The van der Waals surface area contributed by atoms with Crippen LogP contribution in [0.15, 0.2) is 24.3 Å². The molecule has 1 aromatic rings. The normalized spacial score (nSPS) is 10.5. The zero-order valence-electron chi connectivity index (χ0n) is 10.2. The number of hydrogen-bond acceptors (Lipinski definition) is 2. The Labute approximate surface area is 97.2 Å². The first-order valence-corrected chi connectivity index (χ1v) is 5.66. The number of carbonyl (C=O) groups is 1. The van der Waals surface area contributed by atoms with Gasteiger partial charge in [0.15, 0.2) is 0 Å². The number of rotatable bonds is 5. The smallest absolute Gasteiger partial charge is 0.224 e. The van der Waals surface area contributed by atoms with Crippen molar-refractivity contribution in [2.45, 2.75) is 26.8 Å². The van der Waals surface area contributed by atoms with Gasteiger partial charge in [-0.3, -0.25) is 4.79 Å². The average molecular weight is 220 g/mol. The highest BCUT2D eigenvalue weighted by Crippen LogP contribution is 2.15. The van der Waals surface area contributed by atoms with Crippen LogP contribution in [0.3, 0.4) is 0 Å². The highest BCUT2D eigenvalue weighted by atomic mass is 16.1. The maximum Gasteiger partial charge on any atom is 0.224 e. The molecule has 88 valence electrons. The minimum Gasteiger partial charge on any atom is -0.326 e. The van der Waals surface area contributed by atoms with Gasteiger partial charge in [0.1, 0.15) is 0 Å². The Morgan fingerprint density at radius 3 is 2.62 bits per heavy atom. The Hall–Kier alpha value is -1.35. The fourth-order valence-corrected chi connectivity index (χ4v) is 1.56. The second-order valence-electron chi connectivity index (χ2n) is 4.33. The zero-order valence-corrected chi connectivity index (χ0v) is 10.2. The third kappa shape index (κ3) is 4.03. The quantitative estimate of drug-likeness (QED) is 0.800. The molecule has 0 bridgehead atoms. The molecule has 0 atom stereocenters. The summed E-state index contributed by atoms with van der Waals surface area (Å²) in [6.45, 7) is 4.84. The van der Waals surface area contributed by atoms with Crippen molar-refractivity contribution in [3.8, 4) is 0 Å². The van der Waals surface area contributed by atoms with Crippen molar-refractivity contribution in [2.75, 3.05) is 12.4 Å². The van der Waals surface area contributed by atoms with Crippen molar-refractivity contribution in [2.24, 2.45) is 5.92 Å². The molecule has 0 aliphatic carbocycles. The van der Waals surface area contributed by atoms with Gasteiger partial charge in [0.25, 0.3) is 0 Å². The third-order valence-electron chi connectivity index (χ3n) is 2.25. The predicted molar refractivity (Wildman–Crippen MR) is 67.3 cm³/mol. The fourth-order valence-electron chi connectivity index (χ4n) is 1.56. The molecule has 0 aromatic heterocycles. The van der Waals surface area contributed by atoms with Crippen LogP contribution in [0.1, 0.15) is 25.8 Å². The van der Waals surface area contributed by atoms with Crippen LogP contribution >= 0.6 is 0 Å². The summed E-state index contributed by atoms with van der Waals surface area (Å²) >= 11 is 0.